The Kier molecular flexibility index (Phi) is 4.52. The fourth-order valence-corrected chi connectivity index (χ4v) is 4.46. The Morgan fingerprint density at radius 2 is 1.82 bits per heavy atom. The van der Waals surface area contributed by atoms with Crippen LogP contribution in [0.25, 0.3) is 10.2 Å². The average Bonchev–Trinajstić information content (AvgIpc) is 3.16. The number of fused-ring (bicyclic) bond motifs is 2. The van der Waals surface area contributed by atoms with Gasteiger partial charge < -0.3 is 19.1 Å². The number of carbonyl (C=O) groups is 1. The predicted octanol–water partition coefficient (Wildman–Crippen LogP) is 3.51. The zero-order valence-electron chi connectivity index (χ0n) is 15.2. The second-order valence-electron chi connectivity index (χ2n) is 6.95. The third-order valence-corrected chi connectivity index (χ3v) is 6.01. The molecule has 3 aromatic rings. The van der Waals surface area contributed by atoms with Crippen LogP contribution in [0.4, 0.5) is 0 Å². The molecule has 1 saturated heterocycles. The largest absolute Gasteiger partial charge is 0.485 e. The predicted molar refractivity (Wildman–Crippen MR) is 106 cm³/mol. The van der Waals surface area contributed by atoms with Gasteiger partial charge in [0.25, 0.3) is 11.1 Å². The summed E-state index contributed by atoms with van der Waals surface area (Å²) in [7, 11) is 0. The van der Waals surface area contributed by atoms with Crippen molar-refractivity contribution in [1.82, 2.24) is 9.88 Å². The number of para-hydroxylation sites is 3. The Hall–Kier alpha value is -2.80. The molecule has 0 bridgehead atoms. The summed E-state index contributed by atoms with van der Waals surface area (Å²) in [6.07, 6.45) is 1.06. The number of piperidine rings is 1. The van der Waals surface area contributed by atoms with E-state index in [-0.39, 0.29) is 18.6 Å². The molecule has 2 aromatic carbocycles. The number of ether oxygens (including phenoxy) is 3. The Morgan fingerprint density at radius 1 is 1.07 bits per heavy atom. The summed E-state index contributed by atoms with van der Waals surface area (Å²) in [5.41, 5.74) is 0.963. The molecule has 5 rings (SSSR count). The van der Waals surface area contributed by atoms with Crippen LogP contribution in [0.5, 0.6) is 16.7 Å². The highest BCUT2D eigenvalue weighted by molar-refractivity contribution is 7.20. The topological polar surface area (TPSA) is 60.9 Å². The van der Waals surface area contributed by atoms with Crippen molar-refractivity contribution in [2.24, 2.45) is 0 Å². The van der Waals surface area contributed by atoms with Gasteiger partial charge in [0.05, 0.1) is 10.2 Å². The Morgan fingerprint density at radius 3 is 2.64 bits per heavy atom. The molecule has 0 spiro atoms. The molecule has 0 aliphatic carbocycles. The molecule has 28 heavy (non-hydrogen) atoms. The minimum absolute atomic E-state index is 0.0204. The molecule has 2 aliphatic heterocycles. The van der Waals surface area contributed by atoms with Crippen molar-refractivity contribution in [3.05, 3.63) is 48.5 Å². The van der Waals surface area contributed by atoms with Crippen LogP contribution in [0.15, 0.2) is 48.5 Å². The molecule has 144 valence electrons. The van der Waals surface area contributed by atoms with Gasteiger partial charge in [-0.25, -0.2) is 4.98 Å². The van der Waals surface area contributed by atoms with Crippen LogP contribution >= 0.6 is 11.3 Å². The molecule has 0 radical (unpaired) electrons. The summed E-state index contributed by atoms with van der Waals surface area (Å²) >= 11 is 1.56. The summed E-state index contributed by atoms with van der Waals surface area (Å²) in [6.45, 7) is 1.55. The molecule has 6 nitrogen and oxygen atoms in total. The third kappa shape index (κ3) is 3.38. The second-order valence-corrected chi connectivity index (χ2v) is 7.95. The molecule has 1 amide bonds. The van der Waals surface area contributed by atoms with E-state index in [1.807, 2.05) is 53.4 Å². The molecule has 0 N–H and O–H groups in total. The first-order chi connectivity index (χ1) is 13.8. The lowest BCUT2D eigenvalue weighted by Crippen LogP contribution is -2.50. The van der Waals surface area contributed by atoms with Gasteiger partial charge in [-0.05, 0) is 24.3 Å². The first-order valence-corrected chi connectivity index (χ1v) is 10.3. The van der Waals surface area contributed by atoms with Crippen molar-refractivity contribution >= 4 is 27.5 Å². The fourth-order valence-electron chi connectivity index (χ4n) is 3.58. The average molecular weight is 396 g/mol. The zero-order valence-corrected chi connectivity index (χ0v) is 16.1. The monoisotopic (exact) mass is 396 g/mol. The van der Waals surface area contributed by atoms with Crippen LogP contribution in [0, 0.1) is 0 Å². The van der Waals surface area contributed by atoms with E-state index in [2.05, 4.69) is 4.98 Å². The number of amides is 1. The number of carbonyl (C=O) groups excluding carboxylic acids is 1. The van der Waals surface area contributed by atoms with Crippen molar-refractivity contribution in [1.29, 1.82) is 0 Å². The molecule has 1 fully saturated rings. The van der Waals surface area contributed by atoms with Gasteiger partial charge in [-0.3, -0.25) is 4.79 Å². The maximum absolute atomic E-state index is 12.8. The van der Waals surface area contributed by atoms with Gasteiger partial charge in [0.1, 0.15) is 12.7 Å². The van der Waals surface area contributed by atoms with Crippen molar-refractivity contribution in [3.8, 4) is 16.7 Å². The summed E-state index contributed by atoms with van der Waals surface area (Å²) in [5, 5.41) is 0.701. The van der Waals surface area contributed by atoms with E-state index in [0.717, 1.165) is 23.1 Å². The molecule has 2 aliphatic rings. The summed E-state index contributed by atoms with van der Waals surface area (Å²) < 4.78 is 18.7. The number of benzene rings is 2. The van der Waals surface area contributed by atoms with Crippen LogP contribution in [0.1, 0.15) is 12.8 Å². The van der Waals surface area contributed by atoms with Gasteiger partial charge in [-0.15, -0.1) is 0 Å². The molecule has 3 heterocycles. The number of aromatic nitrogens is 1. The number of likely N-dealkylation sites (tertiary alicyclic amines) is 1. The van der Waals surface area contributed by atoms with E-state index in [1.54, 1.807) is 11.3 Å². The van der Waals surface area contributed by atoms with E-state index in [9.17, 15) is 4.79 Å². The highest BCUT2D eigenvalue weighted by Crippen LogP contribution is 2.32. The van der Waals surface area contributed by atoms with Gasteiger partial charge in [0.2, 0.25) is 6.10 Å². The highest BCUT2D eigenvalue weighted by Gasteiger charge is 2.33. The third-order valence-electron chi connectivity index (χ3n) is 5.08. The fraction of sp³-hybridized carbons (Fsp3) is 0.333. The van der Waals surface area contributed by atoms with Crippen LogP contribution in [0.2, 0.25) is 0 Å². The van der Waals surface area contributed by atoms with E-state index in [4.69, 9.17) is 14.2 Å². The lowest BCUT2D eigenvalue weighted by atomic mass is 10.1. The van der Waals surface area contributed by atoms with E-state index in [0.29, 0.717) is 29.8 Å². The minimum Gasteiger partial charge on any atom is -0.485 e. The lowest BCUT2D eigenvalue weighted by molar-refractivity contribution is -0.143. The quantitative estimate of drug-likeness (QED) is 0.678. The molecule has 1 aromatic heterocycles. The lowest BCUT2D eigenvalue weighted by Gasteiger charge is -2.35. The minimum atomic E-state index is -0.586. The Labute approximate surface area is 166 Å². The van der Waals surface area contributed by atoms with Crippen LogP contribution in [-0.2, 0) is 4.79 Å². The highest BCUT2D eigenvalue weighted by atomic mass is 32.1. The molecule has 0 saturated carbocycles. The molecule has 0 unspecified atom stereocenters. The molecular weight excluding hydrogens is 376 g/mol. The Bertz CT molecular complexity index is 964. The maximum Gasteiger partial charge on any atom is 0.274 e. The van der Waals surface area contributed by atoms with Gasteiger partial charge in [-0.2, -0.15) is 0 Å². The van der Waals surface area contributed by atoms with Crippen molar-refractivity contribution in [2.45, 2.75) is 25.0 Å². The SMILES string of the molecule is O=C([C@H]1COc2ccccc2O1)N1CCC(Oc2nc3ccccc3s2)CC1. The number of hydrogen-bond donors (Lipinski definition) is 0. The van der Waals surface area contributed by atoms with Crippen molar-refractivity contribution < 1.29 is 19.0 Å². The second kappa shape index (κ2) is 7.31. The summed E-state index contributed by atoms with van der Waals surface area (Å²) in [5.74, 6) is 1.29. The van der Waals surface area contributed by atoms with E-state index < -0.39 is 6.10 Å². The molecule has 7 heteroatoms. The van der Waals surface area contributed by atoms with Crippen LogP contribution in [0.3, 0.4) is 0 Å². The van der Waals surface area contributed by atoms with E-state index >= 15 is 0 Å². The van der Waals surface area contributed by atoms with Crippen molar-refractivity contribution in [2.75, 3.05) is 19.7 Å². The van der Waals surface area contributed by atoms with Crippen LogP contribution in [-0.4, -0.2) is 47.7 Å². The standard InChI is InChI=1S/C21H20N2O4S/c24-20(18-13-25-16-6-2-3-7-17(16)27-18)23-11-9-14(10-12-23)26-21-22-15-5-1-4-8-19(15)28-21/h1-8,14,18H,9-13H2/t18-/m1/s1. The van der Waals surface area contributed by atoms with Gasteiger partial charge in [0, 0.05) is 25.9 Å². The Balaban J connectivity index is 1.17. The number of hydrogen-bond acceptors (Lipinski definition) is 6. The summed E-state index contributed by atoms with van der Waals surface area (Å²) in [6, 6.07) is 15.5. The van der Waals surface area contributed by atoms with E-state index in [1.165, 1.54) is 0 Å². The first kappa shape index (κ1) is 17.3. The van der Waals surface area contributed by atoms with Crippen LogP contribution < -0.4 is 14.2 Å². The smallest absolute Gasteiger partial charge is 0.274 e. The number of nitrogens with zero attached hydrogens (tertiary/aromatic N) is 2. The molecule has 1 atom stereocenters. The van der Waals surface area contributed by atoms with Gasteiger partial charge >= 0.3 is 0 Å². The number of thiazole rings is 1. The normalized spacial score (nSPS) is 19.6. The zero-order chi connectivity index (χ0) is 18.9. The molecular formula is C21H20N2O4S. The maximum atomic E-state index is 12.8. The van der Waals surface area contributed by atoms with Crippen molar-refractivity contribution in [3.63, 3.8) is 0 Å². The van der Waals surface area contributed by atoms with Gasteiger partial charge in [0.15, 0.2) is 11.5 Å². The number of rotatable bonds is 3. The first-order valence-electron chi connectivity index (χ1n) is 9.46. The summed E-state index contributed by atoms with van der Waals surface area (Å²) in [4.78, 5) is 19.2. The van der Waals surface area contributed by atoms with Gasteiger partial charge in [-0.1, -0.05) is 35.6 Å².